The van der Waals surface area contributed by atoms with E-state index in [-0.39, 0.29) is 12.1 Å². The van der Waals surface area contributed by atoms with Crippen LogP contribution in [0.2, 0.25) is 0 Å². The highest BCUT2D eigenvalue weighted by Crippen LogP contribution is 2.23. The molecule has 1 aromatic rings. The van der Waals surface area contributed by atoms with Gasteiger partial charge in [0.1, 0.15) is 0 Å². The van der Waals surface area contributed by atoms with Gasteiger partial charge in [0.2, 0.25) is 0 Å². The molecule has 1 fully saturated rings. The Bertz CT molecular complexity index is 405. The van der Waals surface area contributed by atoms with Gasteiger partial charge in [-0.2, -0.15) is 0 Å². The number of morpholine rings is 1. The maximum Gasteiger partial charge on any atom is 0.0909 e. The van der Waals surface area contributed by atoms with Crippen molar-refractivity contribution in [3.63, 3.8) is 0 Å². The molecular weight excluding hydrogens is 250 g/mol. The third-order valence-electron chi connectivity index (χ3n) is 4.15. The largest absolute Gasteiger partial charge is 0.374 e. The van der Waals surface area contributed by atoms with Crippen molar-refractivity contribution >= 4 is 0 Å². The third-order valence-corrected chi connectivity index (χ3v) is 4.15. The van der Waals surface area contributed by atoms with E-state index < -0.39 is 0 Å². The van der Waals surface area contributed by atoms with Crippen molar-refractivity contribution in [3.8, 4) is 0 Å². The first-order valence-electron chi connectivity index (χ1n) is 7.56. The number of hydrazine groups is 1. The first-order valence-corrected chi connectivity index (χ1v) is 7.56. The lowest BCUT2D eigenvalue weighted by atomic mass is 9.98. The van der Waals surface area contributed by atoms with Crippen LogP contribution in [-0.4, -0.2) is 36.7 Å². The number of nitrogens with zero attached hydrogens (tertiary/aromatic N) is 1. The third kappa shape index (κ3) is 3.58. The Labute approximate surface area is 122 Å². The Kier molecular flexibility index (Phi) is 5.54. The molecule has 0 amide bonds. The summed E-state index contributed by atoms with van der Waals surface area (Å²) in [7, 11) is 0. The van der Waals surface area contributed by atoms with Gasteiger partial charge < -0.3 is 4.74 Å². The summed E-state index contributed by atoms with van der Waals surface area (Å²) in [6.45, 7) is 9.31. The van der Waals surface area contributed by atoms with Crippen molar-refractivity contribution < 1.29 is 4.74 Å². The number of nitrogens with one attached hydrogen (secondary N) is 1. The van der Waals surface area contributed by atoms with Gasteiger partial charge in [0, 0.05) is 19.1 Å². The van der Waals surface area contributed by atoms with Crippen LogP contribution in [0.1, 0.15) is 37.9 Å². The van der Waals surface area contributed by atoms with Crippen molar-refractivity contribution in [1.82, 2.24) is 10.3 Å². The van der Waals surface area contributed by atoms with Gasteiger partial charge >= 0.3 is 0 Å². The topological polar surface area (TPSA) is 50.5 Å². The molecule has 1 heterocycles. The number of nitrogens with two attached hydrogens (primary N) is 1. The van der Waals surface area contributed by atoms with Crippen LogP contribution in [0.15, 0.2) is 24.3 Å². The summed E-state index contributed by atoms with van der Waals surface area (Å²) in [5.41, 5.74) is 5.47. The molecule has 2 atom stereocenters. The number of ether oxygens (including phenoxy) is 1. The fraction of sp³-hybridized carbons (Fsp3) is 0.625. The molecule has 1 aliphatic heterocycles. The first kappa shape index (κ1) is 15.4. The predicted octanol–water partition coefficient (Wildman–Crippen LogP) is 1.86. The van der Waals surface area contributed by atoms with E-state index in [9.17, 15) is 0 Å². The van der Waals surface area contributed by atoms with Gasteiger partial charge in [0.15, 0.2) is 0 Å². The average Bonchev–Trinajstić information content (AvgIpc) is 2.49. The smallest absolute Gasteiger partial charge is 0.0909 e. The molecule has 2 rings (SSSR count). The number of hydrogen-bond acceptors (Lipinski definition) is 4. The Balaban J connectivity index is 2.10. The number of hydrogen-bond donors (Lipinski definition) is 2. The van der Waals surface area contributed by atoms with Gasteiger partial charge in [-0.05, 0) is 31.4 Å². The normalized spacial score (nSPS) is 22.1. The molecule has 2 unspecified atom stereocenters. The second kappa shape index (κ2) is 7.18. The van der Waals surface area contributed by atoms with E-state index in [0.717, 1.165) is 26.1 Å². The minimum absolute atomic E-state index is 0.0439. The lowest BCUT2D eigenvalue weighted by Crippen LogP contribution is -2.51. The molecule has 1 saturated heterocycles. The molecule has 4 heteroatoms. The summed E-state index contributed by atoms with van der Waals surface area (Å²) >= 11 is 0. The molecule has 0 aromatic heterocycles. The minimum atomic E-state index is 0.0439. The second-order valence-corrected chi connectivity index (χ2v) is 5.74. The zero-order valence-corrected chi connectivity index (χ0v) is 12.8. The summed E-state index contributed by atoms with van der Waals surface area (Å²) in [6, 6.07) is 9.23. The Morgan fingerprint density at radius 1 is 1.35 bits per heavy atom. The van der Waals surface area contributed by atoms with Gasteiger partial charge in [-0.15, -0.1) is 0 Å². The van der Waals surface area contributed by atoms with Crippen LogP contribution in [0.5, 0.6) is 0 Å². The minimum Gasteiger partial charge on any atom is -0.374 e. The second-order valence-electron chi connectivity index (χ2n) is 5.74. The van der Waals surface area contributed by atoms with Gasteiger partial charge in [-0.3, -0.25) is 16.2 Å². The molecule has 20 heavy (non-hydrogen) atoms. The van der Waals surface area contributed by atoms with Crippen LogP contribution in [-0.2, 0) is 11.2 Å². The van der Waals surface area contributed by atoms with E-state index in [2.05, 4.69) is 55.4 Å². The number of aryl methyl sites for hydroxylation is 1. The molecule has 1 aliphatic rings. The molecule has 0 saturated carbocycles. The Hall–Kier alpha value is -0.940. The van der Waals surface area contributed by atoms with Gasteiger partial charge in [0.05, 0.1) is 18.8 Å². The van der Waals surface area contributed by atoms with E-state index in [0.29, 0.717) is 6.04 Å². The lowest BCUT2D eigenvalue weighted by Gasteiger charge is -2.38. The van der Waals surface area contributed by atoms with Crippen LogP contribution >= 0.6 is 0 Å². The SMILES string of the molecule is CCc1ccc(C(NN)C2CN(C(C)C)CCO2)cc1. The van der Waals surface area contributed by atoms with Crippen LogP contribution in [0.3, 0.4) is 0 Å². The van der Waals surface area contributed by atoms with Gasteiger partial charge in [-0.25, -0.2) is 0 Å². The molecule has 0 spiro atoms. The molecule has 0 aliphatic carbocycles. The Morgan fingerprint density at radius 3 is 2.60 bits per heavy atom. The van der Waals surface area contributed by atoms with E-state index >= 15 is 0 Å². The van der Waals surface area contributed by atoms with E-state index in [1.165, 1.54) is 11.1 Å². The number of benzene rings is 1. The van der Waals surface area contributed by atoms with Crippen LogP contribution in [0, 0.1) is 0 Å². The molecule has 0 bridgehead atoms. The summed E-state index contributed by atoms with van der Waals surface area (Å²) in [4.78, 5) is 2.44. The predicted molar refractivity (Wildman–Crippen MR) is 82.3 cm³/mol. The molecule has 112 valence electrons. The van der Waals surface area contributed by atoms with Gasteiger partial charge in [0.25, 0.3) is 0 Å². The van der Waals surface area contributed by atoms with E-state index in [1.54, 1.807) is 0 Å². The lowest BCUT2D eigenvalue weighted by molar-refractivity contribution is -0.0561. The quantitative estimate of drug-likeness (QED) is 0.637. The summed E-state index contributed by atoms with van der Waals surface area (Å²) in [5, 5.41) is 0. The van der Waals surface area contributed by atoms with Crippen molar-refractivity contribution in [2.24, 2.45) is 5.84 Å². The molecule has 4 nitrogen and oxygen atoms in total. The van der Waals surface area contributed by atoms with Crippen molar-refractivity contribution in [3.05, 3.63) is 35.4 Å². The van der Waals surface area contributed by atoms with Crippen molar-refractivity contribution in [2.45, 2.75) is 45.4 Å². The fourth-order valence-electron chi connectivity index (χ4n) is 2.75. The average molecular weight is 277 g/mol. The van der Waals surface area contributed by atoms with E-state index in [4.69, 9.17) is 10.6 Å². The highest BCUT2D eigenvalue weighted by atomic mass is 16.5. The summed E-state index contributed by atoms with van der Waals surface area (Å²) in [6.07, 6.45) is 1.16. The molecular formula is C16H27N3O. The highest BCUT2D eigenvalue weighted by Gasteiger charge is 2.29. The van der Waals surface area contributed by atoms with Crippen molar-refractivity contribution in [1.29, 1.82) is 0 Å². The Morgan fingerprint density at radius 2 is 2.05 bits per heavy atom. The zero-order chi connectivity index (χ0) is 14.5. The van der Waals surface area contributed by atoms with Crippen LogP contribution in [0.4, 0.5) is 0 Å². The van der Waals surface area contributed by atoms with Crippen LogP contribution in [0.25, 0.3) is 0 Å². The first-order chi connectivity index (χ1) is 9.65. The molecule has 0 radical (unpaired) electrons. The number of rotatable bonds is 5. The standard InChI is InChI=1S/C16H27N3O/c1-4-13-5-7-14(8-6-13)16(18-17)15-11-19(12(2)3)9-10-20-15/h5-8,12,15-16,18H,4,9-11,17H2,1-3H3. The zero-order valence-electron chi connectivity index (χ0n) is 12.8. The summed E-state index contributed by atoms with van der Waals surface area (Å²) < 4.78 is 5.94. The van der Waals surface area contributed by atoms with Crippen molar-refractivity contribution in [2.75, 3.05) is 19.7 Å². The maximum absolute atomic E-state index is 5.94. The van der Waals surface area contributed by atoms with E-state index in [1.807, 2.05) is 0 Å². The molecule has 1 aromatic carbocycles. The monoisotopic (exact) mass is 277 g/mol. The molecule has 3 N–H and O–H groups in total. The fourth-order valence-corrected chi connectivity index (χ4v) is 2.75. The maximum atomic E-state index is 5.94. The summed E-state index contributed by atoms with van der Waals surface area (Å²) in [5.74, 6) is 5.78. The highest BCUT2D eigenvalue weighted by molar-refractivity contribution is 5.26. The van der Waals surface area contributed by atoms with Gasteiger partial charge in [-0.1, -0.05) is 31.2 Å². The van der Waals surface area contributed by atoms with Crippen LogP contribution < -0.4 is 11.3 Å².